The predicted molar refractivity (Wildman–Crippen MR) is 131 cm³/mol. The molecule has 0 spiro atoms. The first-order valence-corrected chi connectivity index (χ1v) is 11.1. The van der Waals surface area contributed by atoms with Gasteiger partial charge in [0.25, 0.3) is 5.91 Å². The van der Waals surface area contributed by atoms with Crippen LogP contribution in [0.5, 0.6) is 5.75 Å². The summed E-state index contributed by atoms with van der Waals surface area (Å²) in [5, 5.41) is 5.74. The molecule has 1 aliphatic heterocycles. The largest absolute Gasteiger partial charge is 0.497 e. The Kier molecular flexibility index (Phi) is 6.92. The fraction of sp³-hybridized carbons (Fsp3) is 0.222. The number of carbonyl (C=O) groups excluding carboxylic acids is 3. The first kappa shape index (κ1) is 23.0. The number of nitrogens with zero attached hydrogens (tertiary/aromatic N) is 1. The molecule has 7 nitrogen and oxygen atoms in total. The van der Waals surface area contributed by atoms with E-state index in [4.69, 9.17) is 4.74 Å². The number of nitrogens with one attached hydrogen (secondary N) is 2. The summed E-state index contributed by atoms with van der Waals surface area (Å²) in [4.78, 5) is 40.1. The molecule has 0 unspecified atom stereocenters. The van der Waals surface area contributed by atoms with Crippen molar-refractivity contribution in [2.75, 3.05) is 23.9 Å². The molecule has 34 heavy (non-hydrogen) atoms. The molecule has 0 saturated carbocycles. The van der Waals surface area contributed by atoms with Crippen LogP contribution in [0.25, 0.3) is 0 Å². The summed E-state index contributed by atoms with van der Waals surface area (Å²) >= 11 is 0. The second kappa shape index (κ2) is 10.2. The molecule has 4 rings (SSSR count). The van der Waals surface area contributed by atoms with E-state index >= 15 is 0 Å². The highest BCUT2D eigenvalue weighted by Crippen LogP contribution is 2.29. The van der Waals surface area contributed by atoms with E-state index < -0.39 is 5.92 Å². The van der Waals surface area contributed by atoms with Gasteiger partial charge in [0.2, 0.25) is 11.8 Å². The number of hydrogen-bond donors (Lipinski definition) is 2. The standard InChI is InChI=1S/C27H27N3O4/c1-18-8-3-6-13-24(18)30-17-20(15-25(30)31)26(32)29-23-12-5-4-11-22(23)27(33)28-16-19-9-7-10-21(14-19)34-2/h3-14,20H,15-17H2,1-2H3,(H,28,33)(H,29,32)/t20-/m0/s1. The number of hydrogen-bond acceptors (Lipinski definition) is 4. The molecule has 3 aromatic carbocycles. The molecule has 7 heteroatoms. The van der Waals surface area contributed by atoms with Crippen molar-refractivity contribution < 1.29 is 19.1 Å². The van der Waals surface area contributed by atoms with Gasteiger partial charge in [-0.1, -0.05) is 42.5 Å². The van der Waals surface area contributed by atoms with E-state index in [-0.39, 0.29) is 24.1 Å². The summed E-state index contributed by atoms with van der Waals surface area (Å²) in [7, 11) is 1.59. The van der Waals surface area contributed by atoms with Gasteiger partial charge < -0.3 is 20.3 Å². The smallest absolute Gasteiger partial charge is 0.253 e. The van der Waals surface area contributed by atoms with Gasteiger partial charge in [0, 0.05) is 25.2 Å². The molecule has 1 fully saturated rings. The van der Waals surface area contributed by atoms with Crippen molar-refractivity contribution in [1.82, 2.24) is 5.32 Å². The highest BCUT2D eigenvalue weighted by molar-refractivity contribution is 6.07. The Bertz CT molecular complexity index is 1220. The maximum atomic E-state index is 13.0. The molecule has 0 radical (unpaired) electrons. The molecule has 3 amide bonds. The molecule has 174 valence electrons. The summed E-state index contributed by atoms with van der Waals surface area (Å²) in [6.07, 6.45) is 0.129. The van der Waals surface area contributed by atoms with E-state index in [9.17, 15) is 14.4 Å². The minimum atomic E-state index is -0.500. The number of aryl methyl sites for hydroxylation is 1. The van der Waals surface area contributed by atoms with Crippen LogP contribution in [-0.4, -0.2) is 31.4 Å². The molecule has 0 aliphatic carbocycles. The van der Waals surface area contributed by atoms with Gasteiger partial charge >= 0.3 is 0 Å². The Morgan fingerprint density at radius 1 is 1.03 bits per heavy atom. The summed E-state index contributed by atoms with van der Waals surface area (Å²) in [5.41, 5.74) is 3.47. The van der Waals surface area contributed by atoms with E-state index in [0.29, 0.717) is 30.1 Å². The monoisotopic (exact) mass is 457 g/mol. The van der Waals surface area contributed by atoms with E-state index in [1.807, 2.05) is 55.5 Å². The molecule has 1 saturated heterocycles. The van der Waals surface area contributed by atoms with Crippen LogP contribution in [0, 0.1) is 12.8 Å². The normalized spacial score (nSPS) is 15.2. The van der Waals surface area contributed by atoms with Crippen molar-refractivity contribution in [2.45, 2.75) is 19.9 Å². The number of ether oxygens (including phenoxy) is 1. The van der Waals surface area contributed by atoms with E-state index in [2.05, 4.69) is 10.6 Å². The molecular formula is C27H27N3O4. The first-order chi connectivity index (χ1) is 16.5. The van der Waals surface area contributed by atoms with Crippen molar-refractivity contribution in [3.05, 3.63) is 89.5 Å². The third-order valence-corrected chi connectivity index (χ3v) is 5.92. The zero-order valence-electron chi connectivity index (χ0n) is 19.2. The highest BCUT2D eigenvalue weighted by atomic mass is 16.5. The molecule has 0 aromatic heterocycles. The number of para-hydroxylation sites is 2. The van der Waals surface area contributed by atoms with Gasteiger partial charge in [0.05, 0.1) is 24.3 Å². The van der Waals surface area contributed by atoms with Crippen molar-refractivity contribution in [3.8, 4) is 5.75 Å². The van der Waals surface area contributed by atoms with Crippen molar-refractivity contribution in [2.24, 2.45) is 5.92 Å². The van der Waals surface area contributed by atoms with Gasteiger partial charge in [-0.3, -0.25) is 14.4 Å². The summed E-state index contributed by atoms with van der Waals surface area (Å²) < 4.78 is 5.22. The van der Waals surface area contributed by atoms with E-state index in [1.54, 1.807) is 36.3 Å². The molecule has 1 atom stereocenters. The number of carbonyl (C=O) groups is 3. The van der Waals surface area contributed by atoms with Gasteiger partial charge in [0.15, 0.2) is 0 Å². The summed E-state index contributed by atoms with van der Waals surface area (Å²) in [6, 6.07) is 21.9. The molecule has 1 heterocycles. The van der Waals surface area contributed by atoms with E-state index in [0.717, 1.165) is 16.8 Å². The third kappa shape index (κ3) is 5.09. The van der Waals surface area contributed by atoms with Gasteiger partial charge in [-0.15, -0.1) is 0 Å². The molecular weight excluding hydrogens is 430 g/mol. The minimum absolute atomic E-state index is 0.0845. The second-order valence-electron chi connectivity index (χ2n) is 8.26. The predicted octanol–water partition coefficient (Wildman–Crippen LogP) is 3.93. The number of anilines is 2. The van der Waals surface area contributed by atoms with Crippen LogP contribution < -0.4 is 20.3 Å². The molecule has 0 bridgehead atoms. The Labute approximate surface area is 198 Å². The van der Waals surface area contributed by atoms with Gasteiger partial charge in [-0.2, -0.15) is 0 Å². The topological polar surface area (TPSA) is 87.7 Å². The van der Waals surface area contributed by atoms with Crippen molar-refractivity contribution in [3.63, 3.8) is 0 Å². The Morgan fingerprint density at radius 2 is 1.79 bits per heavy atom. The zero-order valence-corrected chi connectivity index (χ0v) is 19.2. The van der Waals surface area contributed by atoms with Crippen LogP contribution >= 0.6 is 0 Å². The van der Waals surface area contributed by atoms with Crippen LogP contribution in [0.4, 0.5) is 11.4 Å². The van der Waals surface area contributed by atoms with Crippen LogP contribution in [0.3, 0.4) is 0 Å². The second-order valence-corrected chi connectivity index (χ2v) is 8.26. The lowest BCUT2D eigenvalue weighted by Gasteiger charge is -2.19. The quantitative estimate of drug-likeness (QED) is 0.563. The Hall–Kier alpha value is -4.13. The minimum Gasteiger partial charge on any atom is -0.497 e. The van der Waals surface area contributed by atoms with E-state index in [1.165, 1.54) is 0 Å². The third-order valence-electron chi connectivity index (χ3n) is 5.92. The average Bonchev–Trinajstić information content (AvgIpc) is 3.24. The van der Waals surface area contributed by atoms with Crippen LogP contribution in [0.1, 0.15) is 27.9 Å². The van der Waals surface area contributed by atoms with Gasteiger partial charge in [-0.25, -0.2) is 0 Å². The number of rotatable bonds is 7. The maximum absolute atomic E-state index is 13.0. The lowest BCUT2D eigenvalue weighted by atomic mass is 10.1. The molecule has 2 N–H and O–H groups in total. The lowest BCUT2D eigenvalue weighted by Crippen LogP contribution is -2.29. The number of benzene rings is 3. The van der Waals surface area contributed by atoms with Crippen LogP contribution in [0.15, 0.2) is 72.8 Å². The lowest BCUT2D eigenvalue weighted by molar-refractivity contribution is -0.122. The SMILES string of the molecule is COc1cccc(CNC(=O)c2ccccc2NC(=O)[C@H]2CC(=O)N(c3ccccc3C)C2)c1. The van der Waals surface area contributed by atoms with Gasteiger partial charge in [0.1, 0.15) is 5.75 Å². The van der Waals surface area contributed by atoms with Crippen molar-refractivity contribution >= 4 is 29.1 Å². The van der Waals surface area contributed by atoms with Gasteiger partial charge in [-0.05, 0) is 48.4 Å². The Balaban J connectivity index is 1.42. The van der Waals surface area contributed by atoms with Crippen LogP contribution in [-0.2, 0) is 16.1 Å². The number of amides is 3. The fourth-order valence-corrected chi connectivity index (χ4v) is 4.07. The first-order valence-electron chi connectivity index (χ1n) is 11.1. The average molecular weight is 458 g/mol. The maximum Gasteiger partial charge on any atom is 0.253 e. The molecule has 1 aliphatic rings. The summed E-state index contributed by atoms with van der Waals surface area (Å²) in [6.45, 7) is 2.57. The molecule has 3 aromatic rings. The zero-order chi connectivity index (χ0) is 24.1. The number of methoxy groups -OCH3 is 1. The Morgan fingerprint density at radius 3 is 2.59 bits per heavy atom. The summed E-state index contributed by atoms with van der Waals surface area (Å²) in [5.74, 6) is -0.454. The highest BCUT2D eigenvalue weighted by Gasteiger charge is 2.36. The van der Waals surface area contributed by atoms with Crippen molar-refractivity contribution in [1.29, 1.82) is 0 Å². The fourth-order valence-electron chi connectivity index (χ4n) is 4.07. The van der Waals surface area contributed by atoms with Crippen LogP contribution in [0.2, 0.25) is 0 Å².